The summed E-state index contributed by atoms with van der Waals surface area (Å²) in [6, 6.07) is -0.308. The standard InChI is InChI=1S/C10H18N2O3/c1-7(4-10(14)15)12-9(13)6-11-5-8-2-3-8/h7-8,11H,2-6H2,1H3,(H,12,13)(H,14,15). The average molecular weight is 214 g/mol. The average Bonchev–Trinajstić information content (AvgIpc) is 2.85. The number of nitrogens with one attached hydrogen (secondary N) is 2. The minimum Gasteiger partial charge on any atom is -0.481 e. The molecule has 3 N–H and O–H groups in total. The van der Waals surface area contributed by atoms with E-state index in [1.165, 1.54) is 12.8 Å². The zero-order chi connectivity index (χ0) is 11.3. The quantitative estimate of drug-likeness (QED) is 0.556. The Hall–Kier alpha value is -1.10. The summed E-state index contributed by atoms with van der Waals surface area (Å²) in [5.74, 6) is -0.285. The third-order valence-corrected chi connectivity index (χ3v) is 2.30. The van der Waals surface area contributed by atoms with Crippen molar-refractivity contribution in [3.63, 3.8) is 0 Å². The SMILES string of the molecule is CC(CC(=O)O)NC(=O)CNCC1CC1. The van der Waals surface area contributed by atoms with E-state index in [1.54, 1.807) is 6.92 Å². The van der Waals surface area contributed by atoms with Crippen molar-refractivity contribution in [2.45, 2.75) is 32.2 Å². The molecule has 1 unspecified atom stereocenters. The monoisotopic (exact) mass is 214 g/mol. The van der Waals surface area contributed by atoms with Crippen LogP contribution < -0.4 is 10.6 Å². The van der Waals surface area contributed by atoms with Crippen LogP contribution in [0.15, 0.2) is 0 Å². The highest BCUT2D eigenvalue weighted by Gasteiger charge is 2.20. The van der Waals surface area contributed by atoms with Crippen LogP contribution in [0.2, 0.25) is 0 Å². The molecule has 5 heteroatoms. The van der Waals surface area contributed by atoms with Gasteiger partial charge in [0.05, 0.1) is 13.0 Å². The lowest BCUT2D eigenvalue weighted by Crippen LogP contribution is -2.40. The summed E-state index contributed by atoms with van der Waals surface area (Å²) in [6.45, 7) is 2.86. The molecule has 0 aromatic carbocycles. The van der Waals surface area contributed by atoms with Gasteiger partial charge in [0.15, 0.2) is 0 Å². The lowest BCUT2D eigenvalue weighted by atomic mass is 10.2. The molecule has 1 aliphatic rings. The van der Waals surface area contributed by atoms with Gasteiger partial charge >= 0.3 is 5.97 Å². The van der Waals surface area contributed by atoms with Gasteiger partial charge in [-0.2, -0.15) is 0 Å². The van der Waals surface area contributed by atoms with E-state index in [1.807, 2.05) is 0 Å². The first-order valence-corrected chi connectivity index (χ1v) is 5.30. The van der Waals surface area contributed by atoms with E-state index in [9.17, 15) is 9.59 Å². The smallest absolute Gasteiger partial charge is 0.305 e. The molecule has 86 valence electrons. The second-order valence-corrected chi connectivity index (χ2v) is 4.14. The number of carbonyl (C=O) groups is 2. The molecular formula is C10H18N2O3. The highest BCUT2D eigenvalue weighted by Crippen LogP contribution is 2.27. The molecule has 1 aliphatic carbocycles. The van der Waals surface area contributed by atoms with Crippen LogP contribution in [0.5, 0.6) is 0 Å². The fourth-order valence-corrected chi connectivity index (χ4v) is 1.35. The Morgan fingerprint density at radius 2 is 2.13 bits per heavy atom. The summed E-state index contributed by atoms with van der Waals surface area (Å²) in [5, 5.41) is 14.2. The first kappa shape index (κ1) is 12.0. The van der Waals surface area contributed by atoms with Gasteiger partial charge < -0.3 is 15.7 Å². The summed E-state index contributed by atoms with van der Waals surface area (Å²) in [5.41, 5.74) is 0. The van der Waals surface area contributed by atoms with Crippen LogP contribution in [0.3, 0.4) is 0 Å². The second kappa shape index (κ2) is 5.70. The van der Waals surface area contributed by atoms with Gasteiger partial charge in [-0.3, -0.25) is 9.59 Å². The normalized spacial score (nSPS) is 17.1. The number of rotatable bonds is 7. The summed E-state index contributed by atoms with van der Waals surface area (Å²) in [4.78, 5) is 21.6. The van der Waals surface area contributed by atoms with E-state index < -0.39 is 5.97 Å². The minimum absolute atomic E-state index is 0.0334. The lowest BCUT2D eigenvalue weighted by molar-refractivity contribution is -0.137. The van der Waals surface area contributed by atoms with Crippen LogP contribution in [-0.4, -0.2) is 36.1 Å². The van der Waals surface area contributed by atoms with E-state index in [-0.39, 0.29) is 24.9 Å². The molecule has 5 nitrogen and oxygen atoms in total. The summed E-state index contributed by atoms with van der Waals surface area (Å²) in [7, 11) is 0. The number of hydrogen-bond donors (Lipinski definition) is 3. The van der Waals surface area contributed by atoms with Crippen molar-refractivity contribution in [1.82, 2.24) is 10.6 Å². The first-order chi connectivity index (χ1) is 7.08. The van der Waals surface area contributed by atoms with Crippen LogP contribution in [-0.2, 0) is 9.59 Å². The predicted octanol–water partition coefficient (Wildman–Crippen LogP) is -0.0346. The van der Waals surface area contributed by atoms with E-state index >= 15 is 0 Å². The highest BCUT2D eigenvalue weighted by molar-refractivity contribution is 5.79. The highest BCUT2D eigenvalue weighted by atomic mass is 16.4. The van der Waals surface area contributed by atoms with Crippen LogP contribution in [0.25, 0.3) is 0 Å². The molecule has 15 heavy (non-hydrogen) atoms. The third kappa shape index (κ3) is 6.06. The van der Waals surface area contributed by atoms with Gasteiger partial charge in [-0.05, 0) is 32.2 Å². The van der Waals surface area contributed by atoms with E-state index in [0.29, 0.717) is 0 Å². The number of carboxylic acids is 1. The molecule has 1 fully saturated rings. The summed E-state index contributed by atoms with van der Waals surface area (Å²) >= 11 is 0. The molecule has 0 spiro atoms. The van der Waals surface area contributed by atoms with Crippen molar-refractivity contribution in [2.75, 3.05) is 13.1 Å². The fourth-order valence-electron chi connectivity index (χ4n) is 1.35. The van der Waals surface area contributed by atoms with Crippen molar-refractivity contribution in [3.8, 4) is 0 Å². The zero-order valence-electron chi connectivity index (χ0n) is 8.95. The van der Waals surface area contributed by atoms with Gasteiger partial charge in [-0.1, -0.05) is 0 Å². The Balaban J connectivity index is 2.02. The fraction of sp³-hybridized carbons (Fsp3) is 0.800. The third-order valence-electron chi connectivity index (χ3n) is 2.30. The molecule has 1 atom stereocenters. The Bertz CT molecular complexity index is 239. The van der Waals surface area contributed by atoms with Crippen LogP contribution in [0.4, 0.5) is 0 Å². The van der Waals surface area contributed by atoms with E-state index in [0.717, 1.165) is 12.5 Å². The van der Waals surface area contributed by atoms with Crippen molar-refractivity contribution < 1.29 is 14.7 Å². The zero-order valence-corrected chi connectivity index (χ0v) is 8.95. The molecule has 0 aromatic heterocycles. The predicted molar refractivity (Wildman–Crippen MR) is 55.5 cm³/mol. The molecule has 0 bridgehead atoms. The van der Waals surface area contributed by atoms with Gasteiger partial charge in [-0.25, -0.2) is 0 Å². The topological polar surface area (TPSA) is 78.4 Å². The van der Waals surface area contributed by atoms with Gasteiger partial charge in [0.1, 0.15) is 0 Å². The maximum Gasteiger partial charge on any atom is 0.305 e. The minimum atomic E-state index is -0.895. The lowest BCUT2D eigenvalue weighted by Gasteiger charge is -2.11. The van der Waals surface area contributed by atoms with Gasteiger partial charge in [0.2, 0.25) is 5.91 Å². The number of amides is 1. The maximum atomic E-state index is 11.3. The Kier molecular flexibility index (Phi) is 4.55. The molecule has 0 saturated heterocycles. The number of aliphatic carboxylic acids is 1. The first-order valence-electron chi connectivity index (χ1n) is 5.30. The van der Waals surface area contributed by atoms with Crippen LogP contribution in [0.1, 0.15) is 26.2 Å². The molecule has 1 amide bonds. The van der Waals surface area contributed by atoms with Crippen molar-refractivity contribution in [1.29, 1.82) is 0 Å². The Labute approximate surface area is 89.2 Å². The molecule has 1 rings (SSSR count). The van der Waals surface area contributed by atoms with Gasteiger partial charge in [0, 0.05) is 6.04 Å². The van der Waals surface area contributed by atoms with E-state index in [2.05, 4.69) is 10.6 Å². The number of carbonyl (C=O) groups excluding carboxylic acids is 1. The van der Waals surface area contributed by atoms with Crippen molar-refractivity contribution >= 4 is 11.9 Å². The molecule has 0 heterocycles. The summed E-state index contributed by atoms with van der Waals surface area (Å²) in [6.07, 6.45) is 2.47. The molecular weight excluding hydrogens is 196 g/mol. The molecule has 0 aromatic rings. The van der Waals surface area contributed by atoms with Crippen LogP contribution in [0, 0.1) is 5.92 Å². The summed E-state index contributed by atoms with van der Waals surface area (Å²) < 4.78 is 0. The van der Waals surface area contributed by atoms with Crippen molar-refractivity contribution in [3.05, 3.63) is 0 Å². The molecule has 0 radical (unpaired) electrons. The molecule has 1 saturated carbocycles. The number of hydrogen-bond acceptors (Lipinski definition) is 3. The number of carboxylic acid groups (broad SMARTS) is 1. The largest absolute Gasteiger partial charge is 0.481 e. The van der Waals surface area contributed by atoms with Crippen molar-refractivity contribution in [2.24, 2.45) is 5.92 Å². The van der Waals surface area contributed by atoms with E-state index in [4.69, 9.17) is 5.11 Å². The van der Waals surface area contributed by atoms with Crippen LogP contribution >= 0.6 is 0 Å². The van der Waals surface area contributed by atoms with Gasteiger partial charge in [-0.15, -0.1) is 0 Å². The Morgan fingerprint density at radius 3 is 2.67 bits per heavy atom. The maximum absolute atomic E-state index is 11.3. The molecule has 0 aliphatic heterocycles. The van der Waals surface area contributed by atoms with Gasteiger partial charge in [0.25, 0.3) is 0 Å². The second-order valence-electron chi connectivity index (χ2n) is 4.14. The Morgan fingerprint density at radius 1 is 1.47 bits per heavy atom.